The molecule has 7 heteroatoms. The Hall–Kier alpha value is -1.60. The lowest BCUT2D eigenvalue weighted by atomic mass is 10.3. The molecule has 5 nitrogen and oxygen atoms in total. The summed E-state index contributed by atoms with van der Waals surface area (Å²) in [6, 6.07) is 5.74. The van der Waals surface area contributed by atoms with Crippen LogP contribution in [0.5, 0.6) is 5.75 Å². The minimum atomic E-state index is -0.629. The summed E-state index contributed by atoms with van der Waals surface area (Å²) in [6.07, 6.45) is 1.74. The standard InChI is InChI=1S/C15H18FN3O2S/c1-19-14(10-2-3-10)17-18-15(19)22-9-12(20)8-21-13-6-4-11(16)5-7-13/h4-7,10,12,20H,2-3,8-9H2,1H3. The molecule has 1 aliphatic rings. The van der Waals surface area contributed by atoms with Crippen molar-refractivity contribution < 1.29 is 14.2 Å². The number of benzene rings is 1. The molecule has 1 heterocycles. The summed E-state index contributed by atoms with van der Waals surface area (Å²) in [6.45, 7) is 0.159. The number of thioether (sulfide) groups is 1. The summed E-state index contributed by atoms with van der Waals surface area (Å²) < 4.78 is 20.2. The molecular weight excluding hydrogens is 305 g/mol. The van der Waals surface area contributed by atoms with E-state index in [-0.39, 0.29) is 12.4 Å². The average Bonchev–Trinajstić information content (AvgIpc) is 3.29. The number of halogens is 1. The fraction of sp³-hybridized carbons (Fsp3) is 0.467. The zero-order valence-corrected chi connectivity index (χ0v) is 13.1. The number of rotatable bonds is 7. The quantitative estimate of drug-likeness (QED) is 0.793. The molecule has 1 aromatic heterocycles. The molecule has 1 fully saturated rings. The fourth-order valence-electron chi connectivity index (χ4n) is 2.09. The van der Waals surface area contributed by atoms with Crippen LogP contribution in [0.4, 0.5) is 4.39 Å². The Balaban J connectivity index is 1.45. The Kier molecular flexibility index (Phi) is 4.63. The van der Waals surface area contributed by atoms with Crippen molar-refractivity contribution in [2.24, 2.45) is 7.05 Å². The predicted molar refractivity (Wildman–Crippen MR) is 81.6 cm³/mol. The average molecular weight is 323 g/mol. The van der Waals surface area contributed by atoms with Gasteiger partial charge in [-0.1, -0.05) is 11.8 Å². The van der Waals surface area contributed by atoms with Gasteiger partial charge in [0, 0.05) is 18.7 Å². The van der Waals surface area contributed by atoms with Crippen LogP contribution in [-0.2, 0) is 7.05 Å². The summed E-state index contributed by atoms with van der Waals surface area (Å²) >= 11 is 1.46. The Morgan fingerprint density at radius 1 is 1.36 bits per heavy atom. The first kappa shape index (κ1) is 15.3. The molecule has 0 amide bonds. The van der Waals surface area contributed by atoms with Gasteiger partial charge < -0.3 is 14.4 Å². The van der Waals surface area contributed by atoms with Gasteiger partial charge in [0.15, 0.2) is 5.16 Å². The van der Waals surface area contributed by atoms with Crippen LogP contribution in [0, 0.1) is 5.82 Å². The second-order valence-electron chi connectivity index (χ2n) is 5.40. The highest BCUT2D eigenvalue weighted by Gasteiger charge is 2.29. The second kappa shape index (κ2) is 6.66. The van der Waals surface area contributed by atoms with E-state index in [0.717, 1.165) is 11.0 Å². The fourth-order valence-corrected chi connectivity index (χ4v) is 2.91. The van der Waals surface area contributed by atoms with Crippen molar-refractivity contribution in [1.29, 1.82) is 0 Å². The second-order valence-corrected chi connectivity index (χ2v) is 6.39. The van der Waals surface area contributed by atoms with Crippen molar-refractivity contribution in [2.75, 3.05) is 12.4 Å². The molecule has 3 rings (SSSR count). The molecule has 1 aliphatic carbocycles. The molecule has 1 unspecified atom stereocenters. The van der Waals surface area contributed by atoms with Crippen molar-refractivity contribution >= 4 is 11.8 Å². The molecule has 0 aliphatic heterocycles. The topological polar surface area (TPSA) is 60.2 Å². The first-order valence-corrected chi connectivity index (χ1v) is 8.20. The van der Waals surface area contributed by atoms with Crippen LogP contribution in [0.25, 0.3) is 0 Å². The SMILES string of the molecule is Cn1c(SCC(O)COc2ccc(F)cc2)nnc1C1CC1. The van der Waals surface area contributed by atoms with Gasteiger partial charge >= 0.3 is 0 Å². The Bertz CT molecular complexity index is 628. The lowest BCUT2D eigenvalue weighted by Gasteiger charge is -2.11. The third kappa shape index (κ3) is 3.78. The smallest absolute Gasteiger partial charge is 0.191 e. The maximum atomic E-state index is 12.8. The van der Waals surface area contributed by atoms with Crippen LogP contribution >= 0.6 is 11.8 Å². The van der Waals surface area contributed by atoms with Crippen LogP contribution in [0.3, 0.4) is 0 Å². The number of aliphatic hydroxyl groups is 1. The van der Waals surface area contributed by atoms with Crippen LogP contribution < -0.4 is 4.74 Å². The summed E-state index contributed by atoms with van der Waals surface area (Å²) in [5.74, 6) is 2.29. The molecule has 2 aromatic rings. The lowest BCUT2D eigenvalue weighted by molar-refractivity contribution is 0.126. The van der Waals surface area contributed by atoms with E-state index < -0.39 is 6.10 Å². The van der Waals surface area contributed by atoms with E-state index in [1.165, 1.54) is 36.7 Å². The van der Waals surface area contributed by atoms with Crippen molar-refractivity contribution in [1.82, 2.24) is 14.8 Å². The number of ether oxygens (including phenoxy) is 1. The monoisotopic (exact) mass is 323 g/mol. The zero-order chi connectivity index (χ0) is 15.5. The van der Waals surface area contributed by atoms with E-state index in [4.69, 9.17) is 4.74 Å². The molecule has 118 valence electrons. The summed E-state index contributed by atoms with van der Waals surface area (Å²) in [4.78, 5) is 0. The number of aromatic nitrogens is 3. The molecule has 1 aromatic carbocycles. The maximum absolute atomic E-state index is 12.8. The molecule has 0 bridgehead atoms. The Morgan fingerprint density at radius 3 is 2.77 bits per heavy atom. The van der Waals surface area contributed by atoms with E-state index in [1.54, 1.807) is 12.1 Å². The number of nitrogens with zero attached hydrogens (tertiary/aromatic N) is 3. The minimum Gasteiger partial charge on any atom is -0.491 e. The van der Waals surface area contributed by atoms with Gasteiger partial charge in [0.05, 0.1) is 6.10 Å². The molecular formula is C15H18FN3O2S. The maximum Gasteiger partial charge on any atom is 0.191 e. The van der Waals surface area contributed by atoms with Crippen LogP contribution in [0.15, 0.2) is 29.4 Å². The van der Waals surface area contributed by atoms with Gasteiger partial charge in [0.1, 0.15) is 24.0 Å². The van der Waals surface area contributed by atoms with E-state index in [2.05, 4.69) is 10.2 Å². The van der Waals surface area contributed by atoms with Crippen molar-refractivity contribution in [3.63, 3.8) is 0 Å². The predicted octanol–water partition coefficient (Wildman–Crippen LogP) is 2.36. The molecule has 0 saturated heterocycles. The van der Waals surface area contributed by atoms with Gasteiger partial charge in [-0.2, -0.15) is 0 Å². The van der Waals surface area contributed by atoms with Crippen molar-refractivity contribution in [2.45, 2.75) is 30.0 Å². The normalized spacial score (nSPS) is 15.8. The van der Waals surface area contributed by atoms with Gasteiger partial charge in [-0.25, -0.2) is 4.39 Å². The Labute approximate surface area is 132 Å². The summed E-state index contributed by atoms with van der Waals surface area (Å²) in [7, 11) is 1.96. The number of aliphatic hydroxyl groups excluding tert-OH is 1. The van der Waals surface area contributed by atoms with Crippen molar-refractivity contribution in [3.8, 4) is 5.75 Å². The van der Waals surface area contributed by atoms with E-state index in [9.17, 15) is 9.50 Å². The van der Waals surface area contributed by atoms with Gasteiger partial charge in [0.2, 0.25) is 0 Å². The van der Waals surface area contributed by atoms with Crippen LogP contribution in [0.2, 0.25) is 0 Å². The van der Waals surface area contributed by atoms with Crippen LogP contribution in [0.1, 0.15) is 24.6 Å². The van der Waals surface area contributed by atoms with E-state index in [0.29, 0.717) is 17.4 Å². The van der Waals surface area contributed by atoms with Gasteiger partial charge in [0.25, 0.3) is 0 Å². The highest BCUT2D eigenvalue weighted by molar-refractivity contribution is 7.99. The van der Waals surface area contributed by atoms with Crippen molar-refractivity contribution in [3.05, 3.63) is 35.9 Å². The first-order chi connectivity index (χ1) is 10.6. The highest BCUT2D eigenvalue weighted by atomic mass is 32.2. The zero-order valence-electron chi connectivity index (χ0n) is 12.3. The Morgan fingerprint density at radius 2 is 2.09 bits per heavy atom. The molecule has 1 saturated carbocycles. The highest BCUT2D eigenvalue weighted by Crippen LogP contribution is 2.39. The molecule has 22 heavy (non-hydrogen) atoms. The summed E-state index contributed by atoms with van der Waals surface area (Å²) in [5.41, 5.74) is 0. The molecule has 1 N–H and O–H groups in total. The van der Waals surface area contributed by atoms with Gasteiger partial charge in [-0.3, -0.25) is 0 Å². The molecule has 0 spiro atoms. The lowest BCUT2D eigenvalue weighted by Crippen LogP contribution is -2.20. The number of hydrogen-bond donors (Lipinski definition) is 1. The number of hydrogen-bond acceptors (Lipinski definition) is 5. The third-order valence-corrected chi connectivity index (χ3v) is 4.64. The van der Waals surface area contributed by atoms with Gasteiger partial charge in [-0.05, 0) is 37.1 Å². The third-order valence-electron chi connectivity index (χ3n) is 3.47. The first-order valence-electron chi connectivity index (χ1n) is 7.22. The molecule has 1 atom stereocenters. The minimum absolute atomic E-state index is 0.159. The van der Waals surface area contributed by atoms with E-state index in [1.807, 2.05) is 11.6 Å². The molecule has 0 radical (unpaired) electrons. The summed E-state index contributed by atoms with van der Waals surface area (Å²) in [5, 5.41) is 19.1. The van der Waals surface area contributed by atoms with Gasteiger partial charge in [-0.15, -0.1) is 10.2 Å². The van der Waals surface area contributed by atoms with E-state index >= 15 is 0 Å². The van der Waals surface area contributed by atoms with Crippen LogP contribution in [-0.4, -0.2) is 38.3 Å². The largest absolute Gasteiger partial charge is 0.491 e.